The van der Waals surface area contributed by atoms with Crippen LogP contribution in [0.4, 0.5) is 15.8 Å². The van der Waals surface area contributed by atoms with Gasteiger partial charge in [0.15, 0.2) is 11.6 Å². The third-order valence-electron chi connectivity index (χ3n) is 5.35. The summed E-state index contributed by atoms with van der Waals surface area (Å²) in [4.78, 5) is 19.8. The van der Waals surface area contributed by atoms with Crippen LogP contribution in [-0.4, -0.2) is 62.3 Å². The molecule has 3 aromatic rings. The molecule has 0 saturated carbocycles. The average molecular weight is 472 g/mol. The molecule has 1 aliphatic rings. The number of nitrogens with one attached hydrogen (secondary N) is 2. The second kappa shape index (κ2) is 10.8. The van der Waals surface area contributed by atoms with E-state index < -0.39 is 11.7 Å². The van der Waals surface area contributed by atoms with Gasteiger partial charge in [-0.2, -0.15) is 0 Å². The van der Waals surface area contributed by atoms with Crippen molar-refractivity contribution in [3.8, 4) is 5.75 Å². The summed E-state index contributed by atoms with van der Waals surface area (Å²) in [5.41, 5.74) is 7.63. The van der Waals surface area contributed by atoms with Gasteiger partial charge >= 0.3 is 0 Å². The van der Waals surface area contributed by atoms with E-state index in [1.54, 1.807) is 6.07 Å². The number of nitrogens with zero attached hydrogens (tertiary/aromatic N) is 2. The Morgan fingerprint density at radius 1 is 1.27 bits per heavy atom. The zero-order valence-corrected chi connectivity index (χ0v) is 19.1. The number of pyridine rings is 1. The highest BCUT2D eigenvalue weighted by atomic mass is 32.2. The number of primary amides is 1. The van der Waals surface area contributed by atoms with E-state index in [9.17, 15) is 9.18 Å². The first-order valence-electron chi connectivity index (χ1n) is 10.6. The van der Waals surface area contributed by atoms with Crippen LogP contribution in [0.1, 0.15) is 10.4 Å². The number of morpholine rings is 1. The fraction of sp³-hybridized carbons (Fsp3) is 0.304. The van der Waals surface area contributed by atoms with Crippen molar-refractivity contribution >= 4 is 40.1 Å². The van der Waals surface area contributed by atoms with Crippen LogP contribution in [0.15, 0.2) is 47.5 Å². The Hall–Kier alpha value is -2.92. The maximum Gasteiger partial charge on any atom is 0.252 e. The molecule has 2 heterocycles. The molecule has 2 aromatic carbocycles. The van der Waals surface area contributed by atoms with Gasteiger partial charge in [-0.1, -0.05) is 0 Å². The van der Waals surface area contributed by atoms with Crippen molar-refractivity contribution in [2.75, 3.05) is 51.8 Å². The van der Waals surface area contributed by atoms with Crippen molar-refractivity contribution in [1.29, 1.82) is 0 Å². The van der Waals surface area contributed by atoms with E-state index in [4.69, 9.17) is 15.2 Å². The Balaban J connectivity index is 1.56. The van der Waals surface area contributed by atoms with Gasteiger partial charge in [0.1, 0.15) is 0 Å². The van der Waals surface area contributed by atoms with Crippen molar-refractivity contribution < 1.29 is 18.7 Å². The molecule has 33 heavy (non-hydrogen) atoms. The number of fused-ring (bicyclic) bond motifs is 1. The Bertz CT molecular complexity index is 1140. The first-order valence-corrected chi connectivity index (χ1v) is 11.4. The summed E-state index contributed by atoms with van der Waals surface area (Å²) in [7, 11) is 1.40. The van der Waals surface area contributed by atoms with Crippen LogP contribution in [-0.2, 0) is 4.74 Å². The molecule has 8 nitrogen and oxygen atoms in total. The smallest absolute Gasteiger partial charge is 0.252 e. The molecule has 0 atom stereocenters. The monoisotopic (exact) mass is 471 g/mol. The summed E-state index contributed by atoms with van der Waals surface area (Å²) >= 11 is 1.51. The fourth-order valence-corrected chi connectivity index (χ4v) is 4.27. The number of halogens is 1. The minimum absolute atomic E-state index is 0.0969. The molecule has 0 unspecified atom stereocenters. The largest absolute Gasteiger partial charge is 0.494 e. The SMILES string of the molecule is COc1cc(Nc2c(C(N)=O)cnc3ccc(SNCCN4CCOCC4)cc23)ccc1F. The molecule has 0 bridgehead atoms. The van der Waals surface area contributed by atoms with Crippen molar-refractivity contribution in [1.82, 2.24) is 14.6 Å². The second-order valence-corrected chi connectivity index (χ2v) is 8.48. The lowest BCUT2D eigenvalue weighted by Crippen LogP contribution is -2.39. The number of hydrogen-bond donors (Lipinski definition) is 3. The lowest BCUT2D eigenvalue weighted by molar-refractivity contribution is 0.0391. The number of hydrogen-bond acceptors (Lipinski definition) is 8. The Labute approximate surface area is 195 Å². The van der Waals surface area contributed by atoms with Crippen molar-refractivity contribution in [3.63, 3.8) is 0 Å². The first-order chi connectivity index (χ1) is 16.0. The zero-order valence-electron chi connectivity index (χ0n) is 18.3. The zero-order chi connectivity index (χ0) is 23.2. The molecule has 1 amide bonds. The molecule has 1 aromatic heterocycles. The van der Waals surface area contributed by atoms with Crippen molar-refractivity contribution in [2.45, 2.75) is 4.90 Å². The maximum absolute atomic E-state index is 13.8. The highest BCUT2D eigenvalue weighted by Crippen LogP contribution is 2.33. The molecule has 0 radical (unpaired) electrons. The molecule has 0 spiro atoms. The molecule has 1 aliphatic heterocycles. The number of carbonyl (C=O) groups is 1. The summed E-state index contributed by atoms with van der Waals surface area (Å²) in [6, 6.07) is 10.2. The van der Waals surface area contributed by atoms with Gasteiger partial charge < -0.3 is 20.5 Å². The number of aromatic nitrogens is 1. The number of carbonyl (C=O) groups excluding carboxylic acids is 1. The van der Waals surface area contributed by atoms with E-state index in [0.717, 1.165) is 49.7 Å². The summed E-state index contributed by atoms with van der Waals surface area (Å²) in [6.07, 6.45) is 1.45. The molecule has 174 valence electrons. The molecular weight excluding hydrogens is 445 g/mol. The number of benzene rings is 2. The Kier molecular flexibility index (Phi) is 7.61. The number of methoxy groups -OCH3 is 1. The van der Waals surface area contributed by atoms with Crippen molar-refractivity contribution in [2.24, 2.45) is 5.73 Å². The van der Waals surface area contributed by atoms with E-state index in [2.05, 4.69) is 19.9 Å². The summed E-state index contributed by atoms with van der Waals surface area (Å²) in [6.45, 7) is 5.23. The first kappa shape index (κ1) is 23.2. The average Bonchev–Trinajstić information content (AvgIpc) is 2.83. The number of rotatable bonds is 9. The van der Waals surface area contributed by atoms with E-state index in [0.29, 0.717) is 16.9 Å². The number of nitrogens with two attached hydrogens (primary N) is 1. The van der Waals surface area contributed by atoms with Crippen LogP contribution in [0, 0.1) is 5.82 Å². The molecular formula is C23H26FN5O3S. The Morgan fingerprint density at radius 3 is 2.85 bits per heavy atom. The minimum Gasteiger partial charge on any atom is -0.494 e. The van der Waals surface area contributed by atoms with Gasteiger partial charge in [0.25, 0.3) is 5.91 Å². The van der Waals surface area contributed by atoms with Gasteiger partial charge in [0, 0.05) is 54.4 Å². The Morgan fingerprint density at radius 2 is 2.09 bits per heavy atom. The van der Waals surface area contributed by atoms with Crippen LogP contribution in [0.25, 0.3) is 10.9 Å². The summed E-state index contributed by atoms with van der Waals surface area (Å²) in [5.74, 6) is -0.984. The van der Waals surface area contributed by atoms with Gasteiger partial charge in [-0.15, -0.1) is 0 Å². The van der Waals surface area contributed by atoms with E-state index in [1.807, 2.05) is 18.2 Å². The van der Waals surface area contributed by atoms with E-state index in [1.165, 1.54) is 37.4 Å². The highest BCUT2D eigenvalue weighted by molar-refractivity contribution is 7.97. The van der Waals surface area contributed by atoms with Gasteiger partial charge in [0.05, 0.1) is 37.1 Å². The third kappa shape index (κ3) is 5.72. The number of amides is 1. The lowest BCUT2D eigenvalue weighted by Gasteiger charge is -2.26. The molecule has 10 heteroatoms. The van der Waals surface area contributed by atoms with Gasteiger partial charge in [-0.25, -0.2) is 4.39 Å². The van der Waals surface area contributed by atoms with Crippen LogP contribution < -0.4 is 20.5 Å². The standard InChI is InChI=1S/C23H26FN5O3S/c1-31-21-12-15(2-4-19(21)24)28-22-17-13-16(3-5-20(17)26-14-18(22)23(25)30)33-27-6-7-29-8-10-32-11-9-29/h2-5,12-14,27H,6-11H2,1H3,(H2,25,30)(H,26,28). The van der Waals surface area contributed by atoms with Gasteiger partial charge in [-0.05, 0) is 42.3 Å². The third-order valence-corrected chi connectivity index (χ3v) is 6.19. The van der Waals surface area contributed by atoms with E-state index >= 15 is 0 Å². The minimum atomic E-state index is -0.609. The van der Waals surface area contributed by atoms with Gasteiger partial charge in [0.2, 0.25) is 0 Å². The fourth-order valence-electron chi connectivity index (χ4n) is 3.60. The predicted octanol–water partition coefficient (Wildman–Crippen LogP) is 3.15. The maximum atomic E-state index is 13.8. The van der Waals surface area contributed by atoms with Crippen LogP contribution >= 0.6 is 11.9 Å². The van der Waals surface area contributed by atoms with E-state index in [-0.39, 0.29) is 11.3 Å². The molecule has 4 rings (SSSR count). The lowest BCUT2D eigenvalue weighted by atomic mass is 10.1. The van der Waals surface area contributed by atoms with Crippen LogP contribution in [0.2, 0.25) is 0 Å². The number of ether oxygens (including phenoxy) is 2. The van der Waals surface area contributed by atoms with Crippen molar-refractivity contribution in [3.05, 3.63) is 54.0 Å². The highest BCUT2D eigenvalue weighted by Gasteiger charge is 2.16. The quantitative estimate of drug-likeness (QED) is 0.323. The summed E-state index contributed by atoms with van der Waals surface area (Å²) in [5, 5.41) is 3.93. The molecule has 0 aliphatic carbocycles. The normalized spacial score (nSPS) is 14.4. The molecule has 4 N–H and O–H groups in total. The van der Waals surface area contributed by atoms with Gasteiger partial charge in [-0.3, -0.25) is 19.4 Å². The van der Waals surface area contributed by atoms with Crippen LogP contribution in [0.3, 0.4) is 0 Å². The second-order valence-electron chi connectivity index (χ2n) is 7.51. The van der Waals surface area contributed by atoms with Crippen LogP contribution in [0.5, 0.6) is 5.75 Å². The number of anilines is 2. The molecule has 1 saturated heterocycles. The summed E-state index contributed by atoms with van der Waals surface area (Å²) < 4.78 is 27.7. The molecule has 1 fully saturated rings. The predicted molar refractivity (Wildman–Crippen MR) is 128 cm³/mol. The topological polar surface area (TPSA) is 102 Å².